The Balaban J connectivity index is 1.35. The van der Waals surface area contributed by atoms with Crippen LogP contribution >= 0.6 is 0 Å². The Kier molecular flexibility index (Phi) is 7.31. The van der Waals surface area contributed by atoms with Gasteiger partial charge in [0, 0.05) is 25.3 Å². The van der Waals surface area contributed by atoms with Gasteiger partial charge in [-0.05, 0) is 72.0 Å². The van der Waals surface area contributed by atoms with Crippen LogP contribution in [0.5, 0.6) is 11.5 Å². The third-order valence-corrected chi connectivity index (χ3v) is 6.22. The molecule has 35 heavy (non-hydrogen) atoms. The monoisotopic (exact) mass is 477 g/mol. The van der Waals surface area contributed by atoms with Crippen LogP contribution in [0.25, 0.3) is 0 Å². The number of carbonyl (C=O) groups excluding carboxylic acids is 2. The van der Waals surface area contributed by atoms with Gasteiger partial charge in [-0.2, -0.15) is 0 Å². The topological polar surface area (TPSA) is 93.9 Å². The van der Waals surface area contributed by atoms with Crippen LogP contribution in [0.2, 0.25) is 0 Å². The lowest BCUT2D eigenvalue weighted by Gasteiger charge is -2.29. The van der Waals surface area contributed by atoms with Gasteiger partial charge in [-0.1, -0.05) is 12.1 Å². The van der Waals surface area contributed by atoms with Crippen LogP contribution in [-0.4, -0.2) is 44.0 Å². The van der Waals surface area contributed by atoms with Crippen LogP contribution in [0.4, 0.5) is 10.1 Å². The van der Waals surface area contributed by atoms with Crippen LogP contribution in [-0.2, 0) is 19.4 Å². The number of nitrogens with one attached hydrogen (secondary N) is 1. The highest BCUT2D eigenvalue weighted by molar-refractivity contribution is 6.11. The van der Waals surface area contributed by atoms with E-state index >= 15 is 0 Å². The average Bonchev–Trinajstić information content (AvgIpc) is 2.87. The summed E-state index contributed by atoms with van der Waals surface area (Å²) in [6.45, 7) is 2.71. The highest BCUT2D eigenvalue weighted by atomic mass is 19.1. The van der Waals surface area contributed by atoms with Crippen molar-refractivity contribution in [3.8, 4) is 11.5 Å². The zero-order chi connectivity index (χ0) is 24.9. The average molecular weight is 478 g/mol. The summed E-state index contributed by atoms with van der Waals surface area (Å²) in [5, 5.41) is 2.70. The molecule has 0 atom stereocenters. The minimum Gasteiger partial charge on any atom is -0.493 e. The lowest BCUT2D eigenvalue weighted by atomic mass is 9.98. The smallest absolute Gasteiger partial charge is 0.256 e. The summed E-state index contributed by atoms with van der Waals surface area (Å²) in [5.41, 5.74) is 9.40. The fourth-order valence-electron chi connectivity index (χ4n) is 4.29. The lowest BCUT2D eigenvalue weighted by molar-refractivity contribution is 0.0977. The molecule has 182 valence electrons. The van der Waals surface area contributed by atoms with E-state index in [1.165, 1.54) is 17.2 Å². The van der Waals surface area contributed by atoms with Gasteiger partial charge in [0.05, 0.1) is 25.3 Å². The molecule has 0 saturated carbocycles. The second kappa shape index (κ2) is 10.6. The SMILES string of the molecule is COc1cc2c(cc1OC)CN(CCc1ccc(NC(=O)c3cc(F)ccc3C(N)=O)cc1)CC2. The number of nitrogens with zero attached hydrogens (tertiary/aromatic N) is 1. The Labute approximate surface area is 203 Å². The van der Waals surface area contributed by atoms with Gasteiger partial charge in [0.2, 0.25) is 5.91 Å². The van der Waals surface area contributed by atoms with Crippen molar-refractivity contribution < 1.29 is 23.5 Å². The van der Waals surface area contributed by atoms with Crippen molar-refractivity contribution in [1.82, 2.24) is 4.90 Å². The first-order chi connectivity index (χ1) is 16.9. The van der Waals surface area contributed by atoms with Crippen molar-refractivity contribution in [2.24, 2.45) is 5.73 Å². The number of benzene rings is 3. The standard InChI is InChI=1S/C27H28FN3O4/c1-34-24-13-18-10-12-31(16-19(18)14-25(24)35-2)11-9-17-3-6-21(7-4-17)30-27(33)23-15-20(28)5-8-22(23)26(29)32/h3-8,13-15H,9-12,16H2,1-2H3,(H2,29,32)(H,30,33). The number of hydrogen-bond donors (Lipinski definition) is 2. The van der Waals surface area contributed by atoms with Gasteiger partial charge in [0.1, 0.15) is 5.82 Å². The fourth-order valence-corrected chi connectivity index (χ4v) is 4.29. The number of anilines is 1. The second-order valence-corrected chi connectivity index (χ2v) is 8.46. The molecule has 0 radical (unpaired) electrons. The van der Waals surface area contributed by atoms with E-state index in [9.17, 15) is 14.0 Å². The van der Waals surface area contributed by atoms with Gasteiger partial charge >= 0.3 is 0 Å². The number of fused-ring (bicyclic) bond motifs is 1. The summed E-state index contributed by atoms with van der Waals surface area (Å²) < 4.78 is 24.5. The zero-order valence-corrected chi connectivity index (χ0v) is 19.8. The number of carbonyl (C=O) groups is 2. The Morgan fingerprint density at radius 1 is 0.971 bits per heavy atom. The number of amides is 2. The Hall–Kier alpha value is -3.91. The van der Waals surface area contributed by atoms with Gasteiger partial charge < -0.3 is 20.5 Å². The first kappa shape index (κ1) is 24.2. The molecule has 0 aromatic heterocycles. The van der Waals surface area contributed by atoms with Gasteiger partial charge in [-0.15, -0.1) is 0 Å². The third-order valence-electron chi connectivity index (χ3n) is 6.22. The van der Waals surface area contributed by atoms with Crippen molar-refractivity contribution in [3.05, 3.63) is 88.2 Å². The minimum absolute atomic E-state index is 0.0281. The predicted molar refractivity (Wildman–Crippen MR) is 132 cm³/mol. The van der Waals surface area contributed by atoms with Crippen LogP contribution in [0.3, 0.4) is 0 Å². The quantitative estimate of drug-likeness (QED) is 0.515. The molecule has 1 aliphatic rings. The molecular formula is C27H28FN3O4. The van der Waals surface area contributed by atoms with Crippen molar-refractivity contribution in [2.75, 3.05) is 32.6 Å². The molecule has 0 bridgehead atoms. The number of rotatable bonds is 8. The number of halogens is 1. The zero-order valence-electron chi connectivity index (χ0n) is 19.8. The van der Waals surface area contributed by atoms with Crippen LogP contribution in [0.1, 0.15) is 37.4 Å². The van der Waals surface area contributed by atoms with Gasteiger partial charge in [0.15, 0.2) is 11.5 Å². The van der Waals surface area contributed by atoms with Crippen LogP contribution < -0.4 is 20.5 Å². The van der Waals surface area contributed by atoms with Crippen LogP contribution in [0, 0.1) is 5.82 Å². The van der Waals surface area contributed by atoms with E-state index in [4.69, 9.17) is 15.2 Å². The minimum atomic E-state index is -0.789. The second-order valence-electron chi connectivity index (χ2n) is 8.46. The highest BCUT2D eigenvalue weighted by Gasteiger charge is 2.20. The first-order valence-electron chi connectivity index (χ1n) is 11.3. The summed E-state index contributed by atoms with van der Waals surface area (Å²) in [4.78, 5) is 26.6. The van der Waals surface area contributed by atoms with Crippen LogP contribution in [0.15, 0.2) is 54.6 Å². The molecule has 8 heteroatoms. The maximum atomic E-state index is 13.6. The molecule has 4 rings (SSSR count). The van der Waals surface area contributed by atoms with Gasteiger partial charge in [-0.25, -0.2) is 4.39 Å². The summed E-state index contributed by atoms with van der Waals surface area (Å²) >= 11 is 0. The number of methoxy groups -OCH3 is 2. The molecule has 3 aromatic rings. The molecule has 3 N–H and O–H groups in total. The number of hydrogen-bond acceptors (Lipinski definition) is 5. The maximum Gasteiger partial charge on any atom is 0.256 e. The fraction of sp³-hybridized carbons (Fsp3) is 0.259. The van der Waals surface area contributed by atoms with Crippen molar-refractivity contribution in [2.45, 2.75) is 19.4 Å². The number of ether oxygens (including phenoxy) is 2. The molecule has 1 aliphatic heterocycles. The van der Waals surface area contributed by atoms with Gasteiger partial charge in [0.25, 0.3) is 5.91 Å². The molecule has 0 aliphatic carbocycles. The van der Waals surface area contributed by atoms with Gasteiger partial charge in [-0.3, -0.25) is 14.5 Å². The molecule has 1 heterocycles. The molecule has 7 nitrogen and oxygen atoms in total. The number of nitrogens with two attached hydrogens (primary N) is 1. The lowest BCUT2D eigenvalue weighted by Crippen LogP contribution is -2.32. The highest BCUT2D eigenvalue weighted by Crippen LogP contribution is 2.33. The third kappa shape index (κ3) is 5.60. The van der Waals surface area contributed by atoms with E-state index in [1.807, 2.05) is 12.1 Å². The normalized spacial score (nSPS) is 13.1. The van der Waals surface area contributed by atoms with Crippen molar-refractivity contribution in [1.29, 1.82) is 0 Å². The van der Waals surface area contributed by atoms with E-state index < -0.39 is 17.6 Å². The molecule has 2 amide bonds. The van der Waals surface area contributed by atoms with E-state index in [2.05, 4.69) is 22.3 Å². The van der Waals surface area contributed by atoms with E-state index in [-0.39, 0.29) is 11.1 Å². The number of primary amides is 1. The summed E-state index contributed by atoms with van der Waals surface area (Å²) in [6, 6.07) is 14.9. The molecule has 3 aromatic carbocycles. The van der Waals surface area contributed by atoms with E-state index in [0.717, 1.165) is 61.7 Å². The maximum absolute atomic E-state index is 13.6. The Morgan fingerprint density at radius 3 is 2.31 bits per heavy atom. The molecule has 0 unspecified atom stereocenters. The molecular weight excluding hydrogens is 449 g/mol. The first-order valence-corrected chi connectivity index (χ1v) is 11.3. The summed E-state index contributed by atoms with van der Waals surface area (Å²) in [5.74, 6) is -0.496. The van der Waals surface area contributed by atoms with E-state index in [0.29, 0.717) is 5.69 Å². The molecule has 0 saturated heterocycles. The van der Waals surface area contributed by atoms with E-state index in [1.54, 1.807) is 26.4 Å². The Bertz CT molecular complexity index is 1240. The van der Waals surface area contributed by atoms with Crippen molar-refractivity contribution in [3.63, 3.8) is 0 Å². The largest absolute Gasteiger partial charge is 0.493 e. The molecule has 0 spiro atoms. The summed E-state index contributed by atoms with van der Waals surface area (Å²) in [7, 11) is 3.29. The Morgan fingerprint density at radius 2 is 1.66 bits per heavy atom. The molecule has 0 fully saturated rings. The van der Waals surface area contributed by atoms with Crippen molar-refractivity contribution >= 4 is 17.5 Å². The predicted octanol–water partition coefficient (Wildman–Crippen LogP) is 3.79. The summed E-state index contributed by atoms with van der Waals surface area (Å²) in [6.07, 6.45) is 1.81.